The molecule has 20 nitrogen and oxygen atoms in total. The van der Waals surface area contributed by atoms with Crippen molar-refractivity contribution in [1.29, 1.82) is 0 Å². The first kappa shape index (κ1) is 77.4. The molecule has 1 aromatic carbocycles. The molecule has 0 fully saturated rings. The van der Waals surface area contributed by atoms with Gasteiger partial charge in [0.1, 0.15) is 29.3 Å². The Labute approximate surface area is 507 Å². The van der Waals surface area contributed by atoms with Crippen LogP contribution >= 0.6 is 11.8 Å². The summed E-state index contributed by atoms with van der Waals surface area (Å²) in [4.78, 5) is 112. The van der Waals surface area contributed by atoms with Gasteiger partial charge < -0.3 is 50.3 Å². The Bertz CT molecular complexity index is 2480. The third kappa shape index (κ3) is 32.7. The second-order valence-electron chi connectivity index (χ2n) is 28.8. The van der Waals surface area contributed by atoms with Crippen LogP contribution in [0.5, 0.6) is 0 Å². The highest BCUT2D eigenvalue weighted by Crippen LogP contribution is 2.29. The number of thioether (sulfide) groups is 1. The van der Waals surface area contributed by atoms with Crippen LogP contribution in [0.15, 0.2) is 24.3 Å². The van der Waals surface area contributed by atoms with E-state index in [1.54, 1.807) is 83.1 Å². The van der Waals surface area contributed by atoms with Gasteiger partial charge in [0, 0.05) is 48.7 Å². The summed E-state index contributed by atoms with van der Waals surface area (Å²) >= 11 is 1.46. The van der Waals surface area contributed by atoms with E-state index in [4.69, 9.17) is 23.7 Å². The fourth-order valence-corrected chi connectivity index (χ4v) is 10.4. The lowest BCUT2D eigenvalue weighted by molar-refractivity contribution is -0.156. The number of carbonyl (C=O) groups is 8. The highest BCUT2D eigenvalue weighted by Gasteiger charge is 2.39. The summed E-state index contributed by atoms with van der Waals surface area (Å²) in [5.74, 6) is -6.70. The molecule has 22 heteroatoms. The van der Waals surface area contributed by atoms with E-state index in [0.29, 0.717) is 0 Å². The molecule has 0 aromatic heterocycles. The molecule has 1 aromatic rings. The number of carbonyl (C=O) groups excluding carboxylic acids is 8. The largest absolute Gasteiger partial charge is 0.460 e. The Hall–Kier alpha value is -4.64. The average Bonchev–Trinajstić information content (AvgIpc) is 3.26. The highest BCUT2D eigenvalue weighted by molar-refractivity contribution is 8.00. The van der Waals surface area contributed by atoms with Crippen LogP contribution in [-0.4, -0.2) is 154 Å². The molecule has 0 aliphatic rings. The van der Waals surface area contributed by atoms with Crippen LogP contribution in [0.25, 0.3) is 0 Å². The molecule has 0 aliphatic carbocycles. The first-order valence-electron chi connectivity index (χ1n) is 29.2. The van der Waals surface area contributed by atoms with E-state index in [1.807, 2.05) is 76.2 Å². The number of benzene rings is 1. The van der Waals surface area contributed by atoms with Gasteiger partial charge in [-0.15, -0.1) is 0 Å². The minimum Gasteiger partial charge on any atom is -0.460 e. The summed E-state index contributed by atoms with van der Waals surface area (Å²) in [6.45, 7) is 41.5. The number of hydrogen-bond donors (Lipinski definition) is 5. The second kappa shape index (κ2) is 31.8. The summed E-state index contributed by atoms with van der Waals surface area (Å²) in [5.41, 5.74) is -4.94. The van der Waals surface area contributed by atoms with E-state index in [-0.39, 0.29) is 86.9 Å². The van der Waals surface area contributed by atoms with Gasteiger partial charge in [-0.2, -0.15) is 11.8 Å². The smallest absolute Gasteiger partial charge is 0.306 e. The third-order valence-corrected chi connectivity index (χ3v) is 16.3. The molecule has 482 valence electrons. The summed E-state index contributed by atoms with van der Waals surface area (Å²) in [5, 5.41) is 14.0. The first-order chi connectivity index (χ1) is 37.8. The molecule has 0 aliphatic heterocycles. The Morgan fingerprint density at radius 3 is 1.31 bits per heavy atom. The second-order valence-corrected chi connectivity index (χ2v) is 33.1. The molecule has 84 heavy (non-hydrogen) atoms. The van der Waals surface area contributed by atoms with Crippen molar-refractivity contribution in [3.8, 4) is 0 Å². The predicted octanol–water partition coefficient (Wildman–Crippen LogP) is 8.54. The van der Waals surface area contributed by atoms with Crippen molar-refractivity contribution >= 4 is 68.9 Å². The molecule has 0 saturated carbocycles. The van der Waals surface area contributed by atoms with Crippen molar-refractivity contribution in [2.45, 2.75) is 271 Å². The monoisotopic (exact) mass is 1230 g/mol. The maximum Gasteiger partial charge on any atom is 0.306 e. The van der Waals surface area contributed by atoms with E-state index in [2.05, 4.69) is 26.6 Å². The van der Waals surface area contributed by atoms with Crippen LogP contribution < -0.4 is 26.6 Å². The molecule has 0 heterocycles. The average molecular weight is 1230 g/mol. The first-order valence-corrected chi connectivity index (χ1v) is 31.9. The van der Waals surface area contributed by atoms with Gasteiger partial charge in [0.05, 0.1) is 51.6 Å². The molecule has 0 spiro atoms. The normalized spacial score (nSPS) is 14.6. The quantitative estimate of drug-likeness (QED) is 0.0326. The number of rotatable bonds is 33. The topological polar surface area (TPSA) is 277 Å². The molecule has 0 saturated heterocycles. The van der Waals surface area contributed by atoms with Crippen molar-refractivity contribution in [3.63, 3.8) is 0 Å². The minimum atomic E-state index is -3.85. The van der Waals surface area contributed by atoms with Crippen LogP contribution in [0.3, 0.4) is 0 Å². The number of Topliss-reactive ketones (excluding diaryl/α,β-unsaturated/α-hetero) is 1. The van der Waals surface area contributed by atoms with Crippen molar-refractivity contribution < 1.29 is 70.5 Å². The van der Waals surface area contributed by atoms with Crippen molar-refractivity contribution in [3.05, 3.63) is 35.4 Å². The van der Waals surface area contributed by atoms with Gasteiger partial charge >= 0.3 is 11.9 Å². The number of amides is 5. The molecule has 0 radical (unpaired) electrons. The number of hydrogen-bond acceptors (Lipinski definition) is 16. The van der Waals surface area contributed by atoms with E-state index in [1.165, 1.54) is 36.0 Å². The van der Waals surface area contributed by atoms with E-state index < -0.39 is 131 Å². The van der Waals surface area contributed by atoms with Crippen LogP contribution in [0.2, 0.25) is 0 Å². The van der Waals surface area contributed by atoms with Gasteiger partial charge in [0.25, 0.3) is 5.91 Å². The standard InChI is InChI=1S/C62H107N5O15S2/c1-40(2)83-36-43(37-84(76,77)62(22,23)34-35-78-55(3,4)5)50(71)41-24-26-42(27-25-41)51(72)63-44(29-32-48(69)81-58(12,13)14)52(73)64-45(30-33-49(70)82-59(15,16)17)53(74)65-46(54(75)67-61(20,21)39-80-57(9,10)11)28-31-47(68)66-60(18,19)38-79-56(6,7)8/h24-27,40,43-46H,28-39H2,1-23H3,(H,63,72)(H,64,73)(H,65,74)(H,66,68)(H,67,75)/t43?,44-,45-,46-/m0/s1. The van der Waals surface area contributed by atoms with Gasteiger partial charge in [-0.25, -0.2) is 8.42 Å². The predicted molar refractivity (Wildman–Crippen MR) is 330 cm³/mol. The van der Waals surface area contributed by atoms with Crippen molar-refractivity contribution in [1.82, 2.24) is 26.6 Å². The summed E-state index contributed by atoms with van der Waals surface area (Å²) in [7, 11) is -3.85. The number of nitrogens with one attached hydrogen (secondary N) is 5. The van der Waals surface area contributed by atoms with Crippen LogP contribution in [0.1, 0.15) is 225 Å². The van der Waals surface area contributed by atoms with Crippen LogP contribution in [0.4, 0.5) is 0 Å². The highest BCUT2D eigenvalue weighted by atomic mass is 32.2. The zero-order chi connectivity index (χ0) is 65.3. The fourth-order valence-electron chi connectivity index (χ4n) is 7.68. The van der Waals surface area contributed by atoms with Gasteiger partial charge in [0.2, 0.25) is 23.6 Å². The minimum absolute atomic E-state index is 0.000349. The third-order valence-electron chi connectivity index (χ3n) is 12.3. The molecule has 5 amide bonds. The lowest BCUT2D eigenvalue weighted by atomic mass is 9.99. The summed E-state index contributed by atoms with van der Waals surface area (Å²) in [6.07, 6.45) is -1.64. The molecule has 5 N–H and O–H groups in total. The Morgan fingerprint density at radius 2 is 0.893 bits per heavy atom. The lowest BCUT2D eigenvalue weighted by Crippen LogP contribution is -2.59. The van der Waals surface area contributed by atoms with E-state index in [0.717, 1.165) is 0 Å². The van der Waals surface area contributed by atoms with Gasteiger partial charge in [0.15, 0.2) is 15.6 Å². The molecule has 4 atom stereocenters. The molecule has 1 rings (SSSR count). The van der Waals surface area contributed by atoms with Crippen molar-refractivity contribution in [2.75, 3.05) is 31.3 Å². The van der Waals surface area contributed by atoms with Gasteiger partial charge in [-0.05, 0) is 188 Å². The molecular weight excluding hydrogens is 1120 g/mol. The van der Waals surface area contributed by atoms with Crippen molar-refractivity contribution in [2.24, 2.45) is 5.92 Å². The fraction of sp³-hybridized carbons (Fsp3) is 0.774. The zero-order valence-electron chi connectivity index (χ0n) is 55.1. The van der Waals surface area contributed by atoms with E-state index in [9.17, 15) is 46.8 Å². The maximum atomic E-state index is 14.6. The lowest BCUT2D eigenvalue weighted by Gasteiger charge is -2.33. The Balaban J connectivity index is 3.79. The van der Waals surface area contributed by atoms with E-state index >= 15 is 0 Å². The number of esters is 2. The Morgan fingerprint density at radius 1 is 0.500 bits per heavy atom. The van der Waals surface area contributed by atoms with Crippen LogP contribution in [0, 0.1) is 5.92 Å². The molecule has 0 bridgehead atoms. The molecular formula is C62H107N5O15S2. The molecule has 1 unspecified atom stereocenters. The van der Waals surface area contributed by atoms with Crippen LogP contribution in [-0.2, 0) is 62.3 Å². The summed E-state index contributed by atoms with van der Waals surface area (Å²) in [6, 6.07) is 1.09. The number of sulfone groups is 1. The maximum absolute atomic E-state index is 14.6. The number of ketones is 1. The van der Waals surface area contributed by atoms with Gasteiger partial charge in [-0.3, -0.25) is 38.4 Å². The summed E-state index contributed by atoms with van der Waals surface area (Å²) < 4.78 is 55.5. The Kier molecular flexibility index (Phi) is 29.3. The number of ether oxygens (including phenoxy) is 5. The SMILES string of the molecule is CC(C)SCC(CS(=O)(=O)C(C)(C)CCOC(C)(C)C)C(=O)c1ccc(C(=O)N[C@@H](CCC(=O)OC(C)(C)C)C(=O)N[C@@H](CCC(=O)OC(C)(C)C)C(=O)N[C@@H](CCC(=O)NC(C)(C)COC(C)(C)C)C(=O)NC(C)(C)COC(C)(C)C)cc1. The zero-order valence-corrected chi connectivity index (χ0v) is 56.8. The van der Waals surface area contributed by atoms with Gasteiger partial charge in [-0.1, -0.05) is 26.0 Å².